The van der Waals surface area contributed by atoms with Crippen LogP contribution in [-0.4, -0.2) is 0 Å². The first-order chi connectivity index (χ1) is 105. The van der Waals surface area contributed by atoms with Crippen LogP contribution >= 0.6 is 0 Å². The fourth-order valence-electron chi connectivity index (χ4n) is 20.0. The lowest BCUT2D eigenvalue weighted by Gasteiger charge is -2.24. The molecule has 0 saturated carbocycles. The van der Waals surface area contributed by atoms with Gasteiger partial charge >= 0.3 is 0 Å². The molecule has 0 bridgehead atoms. The van der Waals surface area contributed by atoms with Gasteiger partial charge < -0.3 is 13.3 Å². The van der Waals surface area contributed by atoms with Gasteiger partial charge in [0.25, 0.3) is 0 Å². The van der Waals surface area contributed by atoms with Crippen molar-refractivity contribution >= 4 is 163 Å². The van der Waals surface area contributed by atoms with Gasteiger partial charge in [-0.1, -0.05) is 440 Å². The summed E-state index contributed by atoms with van der Waals surface area (Å²) in [5, 5.41) is -14.4. The van der Waals surface area contributed by atoms with E-state index < -0.39 is 752 Å². The fourth-order valence-corrected chi connectivity index (χ4v) is 20.0. The van der Waals surface area contributed by atoms with E-state index in [-0.39, 0.29) is 44.5 Å². The van der Waals surface area contributed by atoms with Crippen LogP contribution in [0.4, 0.5) is 0 Å². The summed E-state index contributed by atoms with van der Waals surface area (Å²) >= 11 is 0. The third-order valence-corrected chi connectivity index (χ3v) is 26.2. The quantitative estimate of drug-likeness (QED) is 0.149. The van der Waals surface area contributed by atoms with E-state index in [2.05, 4.69) is 0 Å². The van der Waals surface area contributed by atoms with Gasteiger partial charge in [-0.15, -0.1) is 0 Å². The van der Waals surface area contributed by atoms with Crippen molar-refractivity contribution in [3.63, 3.8) is 0 Å². The van der Waals surface area contributed by atoms with Crippen LogP contribution in [0.5, 0.6) is 0 Å². The molecule has 0 N–H and O–H groups in total. The molecule has 3 aliphatic carbocycles. The lowest BCUT2D eigenvalue weighted by atomic mass is 9.78. The lowest BCUT2D eigenvalue weighted by molar-refractivity contribution is 0.660. The minimum Gasteiger partial charge on any atom is -0.456 e. The van der Waals surface area contributed by atoms with Gasteiger partial charge in [-0.3, -0.25) is 0 Å². The molecule has 3 aliphatic rings. The number of furan rings is 3. The monoisotopic (exact) mass is 1920 g/mol. The van der Waals surface area contributed by atoms with Crippen LogP contribution in [0.1, 0.15) is 187 Å². The zero-order chi connectivity index (χ0) is 167. The largest absolute Gasteiger partial charge is 0.456 e. The molecule has 3 aromatic heterocycles. The van der Waals surface area contributed by atoms with E-state index in [4.69, 9.17) is 80.4 Å². The van der Waals surface area contributed by atoms with Crippen LogP contribution in [0, 0.1) is 0 Å². The molecule has 0 atom stereocenters. The van der Waals surface area contributed by atoms with Crippen molar-refractivity contribution in [2.45, 2.75) is 57.6 Å². The first-order valence-electron chi connectivity index (χ1n) is 84.7. The molecule has 144 heavy (non-hydrogen) atoms. The van der Waals surface area contributed by atoms with E-state index in [1.807, 2.05) is 0 Å². The maximum Gasteiger partial charge on any atom is 0.136 e. The minimum atomic E-state index is -3.97. The van der Waals surface area contributed by atoms with E-state index in [9.17, 15) is 45.2 Å². The van der Waals surface area contributed by atoms with Crippen molar-refractivity contribution in [2.24, 2.45) is 0 Å². The zero-order valence-electron chi connectivity index (χ0n) is 156. The van der Waals surface area contributed by atoms with Crippen LogP contribution in [0.3, 0.4) is 0 Å². The predicted molar refractivity (Wildman–Crippen MR) is 609 cm³/mol. The highest BCUT2D eigenvalue weighted by atomic mass is 16.3. The van der Waals surface area contributed by atoms with Gasteiger partial charge in [-0.25, -0.2) is 0 Å². The lowest BCUT2D eigenvalue weighted by Crippen LogP contribution is -2.16. The number of hydrogen-bond donors (Lipinski definition) is 0. The molecule has 676 valence electrons. The zero-order valence-corrected chi connectivity index (χ0v) is 73.7. The Balaban J connectivity index is 0.000000144. The van der Waals surface area contributed by atoms with Crippen molar-refractivity contribution in [1.82, 2.24) is 0 Å². The predicted octanol–water partition coefficient (Wildman–Crippen LogP) is 39.7. The molecular formula is C141H94O3. The van der Waals surface area contributed by atoms with Crippen LogP contribution in [0.15, 0.2) is 472 Å². The average Bonchev–Trinajstić information content (AvgIpc) is 1.48. The van der Waals surface area contributed by atoms with E-state index in [0.717, 1.165) is 0 Å². The maximum absolute atomic E-state index is 9.92. The summed E-state index contributed by atoms with van der Waals surface area (Å²) in [6, 6.07) is -67.8. The molecule has 0 aliphatic heterocycles. The van der Waals surface area contributed by atoms with Gasteiger partial charge in [0.15, 0.2) is 0 Å². The van der Waals surface area contributed by atoms with E-state index >= 15 is 0 Å². The number of fused-ring (bicyclic) bond motifs is 27. The number of hydrogen-bond acceptors (Lipinski definition) is 3. The minimum absolute atomic E-state index is 0.00253. The van der Waals surface area contributed by atoms with Crippen molar-refractivity contribution in [3.05, 3.63) is 493 Å². The summed E-state index contributed by atoms with van der Waals surface area (Å²) in [5.74, 6) is 0. The smallest absolute Gasteiger partial charge is 0.136 e. The Bertz CT molecular complexity index is 15400. The molecule has 3 heteroatoms. The highest BCUT2D eigenvalue weighted by Gasteiger charge is 2.41. The summed E-state index contributed by atoms with van der Waals surface area (Å²) in [6.45, 7) is -1.79. The Morgan fingerprint density at radius 3 is 0.840 bits per heavy atom. The summed E-state index contributed by atoms with van der Waals surface area (Å²) in [4.78, 5) is 0. The van der Waals surface area contributed by atoms with Crippen LogP contribution < -0.4 is 0 Å². The third-order valence-electron chi connectivity index (χ3n) is 26.2. The Morgan fingerprint density at radius 1 is 0.167 bits per heavy atom. The van der Waals surface area contributed by atoms with Crippen molar-refractivity contribution in [2.75, 3.05) is 0 Å². The number of benzene rings is 25. The first-order valence-corrected chi connectivity index (χ1v) is 43.7. The Morgan fingerprint density at radius 2 is 0.431 bits per heavy atom. The highest BCUT2D eigenvalue weighted by molar-refractivity contribution is 6.31. The van der Waals surface area contributed by atoms with Crippen molar-refractivity contribution in [1.29, 1.82) is 0 Å². The highest BCUT2D eigenvalue weighted by Crippen LogP contribution is 2.60. The summed E-state index contributed by atoms with van der Waals surface area (Å²) in [5.41, 5.74) is -26.2. The van der Waals surface area contributed by atoms with E-state index in [1.54, 1.807) is 13.8 Å². The van der Waals surface area contributed by atoms with Gasteiger partial charge in [-0.2, -0.15) is 0 Å². The van der Waals surface area contributed by atoms with E-state index in [1.165, 1.54) is 13.8 Å². The van der Waals surface area contributed by atoms with E-state index in [0.29, 0.717) is 0 Å². The van der Waals surface area contributed by atoms with Crippen molar-refractivity contribution in [3.8, 4) is 111 Å². The summed E-state index contributed by atoms with van der Waals surface area (Å²) in [7, 11) is 0. The molecule has 0 spiro atoms. The van der Waals surface area contributed by atoms with Gasteiger partial charge in [0.05, 0.1) is 104 Å². The maximum atomic E-state index is 9.92. The average molecular weight is 1920 g/mol. The molecule has 28 aromatic rings. The third kappa shape index (κ3) is 12.3. The number of rotatable bonds is 7. The topological polar surface area (TPSA) is 39.4 Å². The van der Waals surface area contributed by atoms with Gasteiger partial charge in [-0.05, 0) is 302 Å². The molecule has 0 radical (unpaired) electrons. The molecule has 0 amide bonds. The second-order valence-corrected chi connectivity index (χ2v) is 34.5. The van der Waals surface area contributed by atoms with Gasteiger partial charge in [0, 0.05) is 56.8 Å². The Hall–Kier alpha value is -17.8. The van der Waals surface area contributed by atoms with Gasteiger partial charge in [0.1, 0.15) is 33.5 Å². The summed E-state index contributed by atoms with van der Waals surface area (Å²) < 4.78 is 765. The standard InChI is InChI=1S/C51H34O.2C45H30O/c1-51(2)44-23-10-9-15-36(44)41-21-11-20-35(50(41)51)31-25-27-32(28-26-31)47-37-16-5-7-18-39(37)48(40-19-8-6-17-38(40)47)42-22-12-24-45-49(42)43-29-33-13-3-4-14-34(33)30-46(43)52-45;1-45(2)37-22-10-9-19-33(37)43-34(20-11-23-38(43)45)41-29-15-5-7-17-31(29)42(32-18-8-6-16-30(32)41)35-21-12-24-39-44(35)36-25-27-13-3-4-14-28(27)26-40(36)46-39;1-45(2)38-20-10-9-14-30(38)36-25-29(22-23-39(36)45)42-31-15-5-7-17-33(31)43(34-18-8-6-16-32(34)42)35-19-11-21-40-44(35)37-24-27-12-3-4-13-28(27)26-41(37)46-40/h3-30H,1-2H3;2*3-26H,1-2H3/i1D3,2D3,3D,4D,5D,6D,7D,8D,9D,10D,11D,12D,13D,14D,15D,16D,17D,18D,19D,20D,21D,22D,23D,24D,25D,26D,27D,28D,29D,30D;2*3D,4D,5D,6D,7D,8D,9D,10D,11D,12D,13D,14D,15D,16D,17D,18D,19D,20D,21D,22D,23D,24D,25D,26D. The normalized spacial score (nSPS) is 21.7. The van der Waals surface area contributed by atoms with Crippen LogP contribution in [-0.2, 0) is 16.2 Å². The Labute approximate surface area is 948 Å². The fraction of sp³-hybridized carbons (Fsp3) is 0.0638. The molecule has 25 aromatic carbocycles. The molecule has 0 saturated heterocycles. The van der Waals surface area contributed by atoms with Crippen LogP contribution in [0.2, 0.25) is 0 Å². The SMILES string of the molecule is [2H]c1c([2H])c([2H])c2c(c1[2H])-c1c(-c3c4c([2H])c([2H])c([2H])c([2H])c4c(-c4c([2H])c([2H])c([2H])c5oc6c([2H])c7c([2H])c([2H])c([2H])c([2H])c7c([2H])c6c45)c4c([2H])c([2H])c([2H])c([2H])c34)c([2H])c([2H])c([2H])c1C2(C)C.[2H]c1c([2H])c([2H])c2c(c1[2H])-c1c([2H])c(-c3c4c([2H])c([2H])c([2H])c([2H])c4c(-c4c([2H])c([2H])c([2H])c5oc6c([2H])c7c([2H])c([2H])c([2H])c([2H])c7c([2H])c6c45)c4c([2H])c([2H])c([2H])c([2H])c34)c([2H])c([2H])c1C2(C)C.[2H]c1c([2H])c([2H])c2c(c1[2H])-c1c([2H])c([2H])c([2H])c(-c3c([2H])c([2H])c(-c4c5c([2H])c([2H])c([2H])c([2H])c5c(-c5c([2H])c([2H])c([2H])c6oc7c([2H])c8c([2H])c([2H])c([2H])c([2H])c8c([2H])c7c56)c5c([2H])c([2H])c([2H])c([2H])c45)c([2H])c3[2H])c1C2(C([2H])([2H])[2H])C([2H])([2H])[2H]. The molecule has 3 nitrogen and oxygen atoms in total. The van der Waals surface area contributed by atoms with Crippen LogP contribution in [0.25, 0.3) is 274 Å². The van der Waals surface area contributed by atoms with Gasteiger partial charge in [0.2, 0.25) is 0 Å². The second-order valence-electron chi connectivity index (χ2n) is 34.5. The molecule has 0 fully saturated rings. The molecular weight excluding hydrogens is 1740 g/mol. The molecule has 3 heterocycles. The second kappa shape index (κ2) is 31.6. The summed E-state index contributed by atoms with van der Waals surface area (Å²) in [6.07, 6.45) is 0. The first kappa shape index (κ1) is 35.5. The Kier molecular flexibility index (Phi) is 7.79. The van der Waals surface area contributed by atoms with Crippen molar-refractivity contribution < 1.29 is 126 Å². The molecule has 31 rings (SSSR count). The molecule has 0 unspecified atom stereocenters.